The zero-order valence-corrected chi connectivity index (χ0v) is 14.4. The van der Waals surface area contributed by atoms with Crippen LogP contribution in [0.3, 0.4) is 0 Å². The molecule has 132 valence electrons. The van der Waals surface area contributed by atoms with E-state index >= 15 is 0 Å². The summed E-state index contributed by atoms with van der Waals surface area (Å²) in [5.41, 5.74) is 2.69. The van der Waals surface area contributed by atoms with E-state index in [1.54, 1.807) is 6.07 Å². The summed E-state index contributed by atoms with van der Waals surface area (Å²) in [7, 11) is 0. The monoisotopic (exact) mass is 346 g/mol. The Hall–Kier alpha value is -2.22. The van der Waals surface area contributed by atoms with Gasteiger partial charge >= 0.3 is 6.18 Å². The average Bonchev–Trinajstić information content (AvgIpc) is 2.73. The number of benzene rings is 1. The minimum absolute atomic E-state index is 0.0795. The molecule has 0 amide bonds. The second-order valence-electron chi connectivity index (χ2n) is 6.78. The Morgan fingerprint density at radius 3 is 2.76 bits per heavy atom. The summed E-state index contributed by atoms with van der Waals surface area (Å²) in [5, 5.41) is 6.49. The van der Waals surface area contributed by atoms with Gasteiger partial charge in [-0.25, -0.2) is 0 Å². The second-order valence-corrected chi connectivity index (χ2v) is 6.78. The van der Waals surface area contributed by atoms with Crippen LogP contribution in [0.5, 0.6) is 0 Å². The van der Waals surface area contributed by atoms with Crippen molar-refractivity contribution in [2.45, 2.75) is 45.2 Å². The molecule has 2 atom stereocenters. The van der Waals surface area contributed by atoms with Crippen molar-refractivity contribution >= 4 is 5.71 Å². The highest BCUT2D eigenvalue weighted by atomic mass is 19.4. The van der Waals surface area contributed by atoms with Crippen molar-refractivity contribution in [1.82, 2.24) is 5.01 Å². The molecule has 2 heterocycles. The molecule has 2 unspecified atom stereocenters. The molecule has 0 bridgehead atoms. The molecule has 5 heteroatoms. The van der Waals surface area contributed by atoms with Crippen LogP contribution in [-0.4, -0.2) is 17.3 Å². The molecule has 2 aliphatic heterocycles. The van der Waals surface area contributed by atoms with Crippen LogP contribution in [0.2, 0.25) is 0 Å². The van der Waals surface area contributed by atoms with Gasteiger partial charge in [-0.15, -0.1) is 6.42 Å². The van der Waals surface area contributed by atoms with Crippen LogP contribution in [0.15, 0.2) is 35.1 Å². The van der Waals surface area contributed by atoms with Gasteiger partial charge in [-0.2, -0.15) is 18.3 Å². The Labute approximate surface area is 146 Å². The lowest BCUT2D eigenvalue weighted by Crippen LogP contribution is -2.29. The number of rotatable bonds is 1. The number of allylic oxidation sites excluding steroid dienone is 2. The average molecular weight is 346 g/mol. The first-order valence-corrected chi connectivity index (χ1v) is 8.51. The maximum atomic E-state index is 13.1. The van der Waals surface area contributed by atoms with Gasteiger partial charge in [0.25, 0.3) is 0 Å². The maximum Gasteiger partial charge on any atom is 0.416 e. The Morgan fingerprint density at radius 1 is 1.32 bits per heavy atom. The minimum Gasteiger partial charge on any atom is -0.268 e. The third kappa shape index (κ3) is 3.44. The first kappa shape index (κ1) is 17.6. The van der Waals surface area contributed by atoms with Gasteiger partial charge in [-0.1, -0.05) is 25.0 Å². The molecule has 1 aromatic carbocycles. The standard InChI is InChI=1S/C20H21F3N2/c1-4-18-14(3)8-10-19-16(6-5-11-25(19)24-18)17-12-15(20(21,22)23)9-7-13(17)2/h1,7,9-10,12,14,16H,5-6,8,11H2,2-3H3. The zero-order chi connectivity index (χ0) is 18.2. The minimum atomic E-state index is -4.34. The van der Waals surface area contributed by atoms with E-state index in [1.165, 1.54) is 6.07 Å². The van der Waals surface area contributed by atoms with Gasteiger partial charge in [0.05, 0.1) is 5.56 Å². The van der Waals surface area contributed by atoms with Gasteiger partial charge in [-0.05, 0) is 49.4 Å². The summed E-state index contributed by atoms with van der Waals surface area (Å²) >= 11 is 0. The molecule has 2 nitrogen and oxygen atoms in total. The maximum absolute atomic E-state index is 13.1. The highest BCUT2D eigenvalue weighted by Gasteiger charge is 2.34. The van der Waals surface area contributed by atoms with Crippen LogP contribution in [-0.2, 0) is 6.18 Å². The number of hydrogen-bond donors (Lipinski definition) is 0. The highest BCUT2D eigenvalue weighted by Crippen LogP contribution is 2.41. The largest absolute Gasteiger partial charge is 0.416 e. The van der Waals surface area contributed by atoms with Gasteiger partial charge in [0.15, 0.2) is 0 Å². The Morgan fingerprint density at radius 2 is 2.08 bits per heavy atom. The predicted octanol–water partition coefficient (Wildman–Crippen LogP) is 5.11. The molecular weight excluding hydrogens is 325 g/mol. The SMILES string of the molecule is C#CC1=NN2CCCC(c3cc(C(F)(F)F)ccc3C)C2=CCC1C. The number of aryl methyl sites for hydroxylation is 1. The normalized spacial score (nSPS) is 23.9. The van der Waals surface area contributed by atoms with Crippen molar-refractivity contribution in [3.63, 3.8) is 0 Å². The summed E-state index contributed by atoms with van der Waals surface area (Å²) in [6, 6.07) is 4.01. The van der Waals surface area contributed by atoms with E-state index in [1.807, 2.05) is 18.9 Å². The van der Waals surface area contributed by atoms with E-state index in [0.717, 1.165) is 48.7 Å². The Kier molecular flexibility index (Phi) is 4.64. The summed E-state index contributed by atoms with van der Waals surface area (Å²) < 4.78 is 39.4. The number of halogens is 3. The van der Waals surface area contributed by atoms with Crippen LogP contribution in [0, 0.1) is 25.2 Å². The molecule has 25 heavy (non-hydrogen) atoms. The zero-order valence-electron chi connectivity index (χ0n) is 14.4. The van der Waals surface area contributed by atoms with Crippen LogP contribution in [0.4, 0.5) is 13.2 Å². The summed E-state index contributed by atoms with van der Waals surface area (Å²) in [4.78, 5) is 0. The molecule has 0 aromatic heterocycles. The van der Waals surface area contributed by atoms with Crippen LogP contribution < -0.4 is 0 Å². The molecule has 0 spiro atoms. The number of terminal acetylenes is 1. The topological polar surface area (TPSA) is 15.6 Å². The molecule has 1 fully saturated rings. The van der Waals surface area contributed by atoms with E-state index in [-0.39, 0.29) is 11.8 Å². The van der Waals surface area contributed by atoms with Crippen molar-refractivity contribution in [2.24, 2.45) is 11.0 Å². The summed E-state index contributed by atoms with van der Waals surface area (Å²) in [5.74, 6) is 2.71. The van der Waals surface area contributed by atoms with Crippen molar-refractivity contribution < 1.29 is 13.2 Å². The molecule has 1 aromatic rings. The molecule has 0 radical (unpaired) electrons. The van der Waals surface area contributed by atoms with Crippen molar-refractivity contribution in [2.75, 3.05) is 6.54 Å². The molecule has 0 N–H and O–H groups in total. The Bertz CT molecular complexity index is 768. The number of hydrogen-bond acceptors (Lipinski definition) is 2. The van der Waals surface area contributed by atoms with E-state index in [0.29, 0.717) is 5.71 Å². The lowest BCUT2D eigenvalue weighted by atomic mass is 9.84. The van der Waals surface area contributed by atoms with E-state index in [4.69, 9.17) is 6.42 Å². The lowest BCUT2D eigenvalue weighted by Gasteiger charge is -2.34. The van der Waals surface area contributed by atoms with Gasteiger partial charge in [0.2, 0.25) is 0 Å². The van der Waals surface area contributed by atoms with Gasteiger partial charge in [-0.3, -0.25) is 5.01 Å². The number of piperidine rings is 1. The third-order valence-electron chi connectivity index (χ3n) is 5.02. The van der Waals surface area contributed by atoms with Crippen LogP contribution in [0.1, 0.15) is 48.8 Å². The highest BCUT2D eigenvalue weighted by molar-refractivity contribution is 6.01. The number of hydrazone groups is 1. The fourth-order valence-electron chi connectivity index (χ4n) is 3.57. The summed E-state index contributed by atoms with van der Waals surface area (Å²) in [6.45, 7) is 4.64. The second kappa shape index (κ2) is 6.59. The number of alkyl halides is 3. The van der Waals surface area contributed by atoms with Gasteiger partial charge in [0.1, 0.15) is 5.71 Å². The smallest absolute Gasteiger partial charge is 0.268 e. The van der Waals surface area contributed by atoms with Crippen molar-refractivity contribution in [1.29, 1.82) is 0 Å². The van der Waals surface area contributed by atoms with E-state index in [2.05, 4.69) is 17.1 Å². The molecular formula is C20H21F3N2. The third-order valence-corrected chi connectivity index (χ3v) is 5.02. The van der Waals surface area contributed by atoms with Gasteiger partial charge in [0, 0.05) is 24.1 Å². The van der Waals surface area contributed by atoms with Crippen LogP contribution in [0.25, 0.3) is 0 Å². The van der Waals surface area contributed by atoms with E-state index < -0.39 is 11.7 Å². The fraction of sp³-hybridized carbons (Fsp3) is 0.450. The fourth-order valence-corrected chi connectivity index (χ4v) is 3.57. The van der Waals surface area contributed by atoms with E-state index in [9.17, 15) is 13.2 Å². The van der Waals surface area contributed by atoms with Crippen LogP contribution >= 0.6 is 0 Å². The molecule has 1 saturated heterocycles. The molecule has 3 rings (SSSR count). The first-order chi connectivity index (χ1) is 11.8. The quantitative estimate of drug-likeness (QED) is 0.646. The lowest BCUT2D eigenvalue weighted by molar-refractivity contribution is -0.137. The Balaban J connectivity index is 2.04. The first-order valence-electron chi connectivity index (χ1n) is 8.51. The molecule has 0 saturated carbocycles. The van der Waals surface area contributed by atoms with Crippen molar-refractivity contribution in [3.05, 3.63) is 46.7 Å². The molecule has 2 aliphatic rings. The number of nitrogens with zero attached hydrogens (tertiary/aromatic N) is 2. The number of fused-ring (bicyclic) bond motifs is 1. The van der Waals surface area contributed by atoms with Crippen molar-refractivity contribution in [3.8, 4) is 12.3 Å². The summed E-state index contributed by atoms with van der Waals surface area (Å²) in [6.07, 6.45) is 5.77. The molecule has 0 aliphatic carbocycles. The predicted molar refractivity (Wildman–Crippen MR) is 93.0 cm³/mol. The van der Waals surface area contributed by atoms with Gasteiger partial charge < -0.3 is 0 Å².